The first-order valence-electron chi connectivity index (χ1n) is 6.85. The molecule has 0 aliphatic heterocycles. The van der Waals surface area contributed by atoms with Gasteiger partial charge in [0.15, 0.2) is 6.29 Å². The molecule has 0 radical (unpaired) electrons. The molecule has 0 rings (SSSR count). The Morgan fingerprint density at radius 3 is 2.12 bits per heavy atom. The molecule has 0 aromatic rings. The van der Waals surface area contributed by atoms with Crippen LogP contribution in [0.3, 0.4) is 0 Å². The summed E-state index contributed by atoms with van der Waals surface area (Å²) in [5.74, 6) is 0. The number of rotatable bonds is 11. The molecule has 0 saturated heterocycles. The number of carbonyl (C=O) groups excluding carboxylic acids is 1. The number of carbonyl (C=O) groups is 1. The third-order valence-corrected chi connectivity index (χ3v) is 3.20. The predicted molar refractivity (Wildman–Crippen MR) is 68.7 cm³/mol. The summed E-state index contributed by atoms with van der Waals surface area (Å²) in [7, 11) is 0. The molecule has 16 heavy (non-hydrogen) atoms. The quantitative estimate of drug-likeness (QED) is 0.393. The fraction of sp³-hybridized carbons (Fsp3) is 0.929. The molecule has 0 spiro atoms. The molecule has 96 valence electrons. The average molecular weight is 228 g/mol. The molecule has 0 bridgehead atoms. The van der Waals surface area contributed by atoms with Crippen LogP contribution in [0.4, 0.5) is 0 Å². The van der Waals surface area contributed by atoms with Gasteiger partial charge in [-0.05, 0) is 19.8 Å². The first-order chi connectivity index (χ1) is 7.74. The Bertz CT molecular complexity index is 168. The monoisotopic (exact) mass is 228 g/mol. The maximum absolute atomic E-state index is 11.1. The molecule has 0 aromatic heterocycles. The molecule has 0 saturated carbocycles. The van der Waals surface area contributed by atoms with E-state index in [1.165, 1.54) is 32.1 Å². The number of unbranched alkanes of at least 4 members (excludes halogenated alkanes) is 5. The summed E-state index contributed by atoms with van der Waals surface area (Å²) in [5.41, 5.74) is -0.500. The highest BCUT2D eigenvalue weighted by molar-refractivity contribution is 5.62. The normalized spacial score (nSPS) is 14.7. The summed E-state index contributed by atoms with van der Waals surface area (Å²) < 4.78 is 5.59. The SMILES string of the molecule is CCCCCCCCC(C=O)(CC)OCC. The van der Waals surface area contributed by atoms with Crippen LogP contribution in [-0.2, 0) is 9.53 Å². The van der Waals surface area contributed by atoms with Gasteiger partial charge in [-0.15, -0.1) is 0 Å². The number of aldehydes is 1. The minimum Gasteiger partial charge on any atom is -0.368 e. The molecule has 0 amide bonds. The molecule has 0 aromatic carbocycles. The van der Waals surface area contributed by atoms with Crippen molar-refractivity contribution < 1.29 is 9.53 Å². The summed E-state index contributed by atoms with van der Waals surface area (Å²) >= 11 is 0. The van der Waals surface area contributed by atoms with Gasteiger partial charge >= 0.3 is 0 Å². The van der Waals surface area contributed by atoms with E-state index >= 15 is 0 Å². The Kier molecular flexibility index (Phi) is 9.60. The highest BCUT2D eigenvalue weighted by atomic mass is 16.5. The molecule has 0 fully saturated rings. The minimum atomic E-state index is -0.500. The van der Waals surface area contributed by atoms with Crippen molar-refractivity contribution in [3.8, 4) is 0 Å². The second kappa shape index (κ2) is 9.83. The topological polar surface area (TPSA) is 26.3 Å². The highest BCUT2D eigenvalue weighted by Gasteiger charge is 2.26. The zero-order chi connectivity index (χ0) is 12.3. The Morgan fingerprint density at radius 2 is 1.62 bits per heavy atom. The van der Waals surface area contributed by atoms with E-state index in [1.54, 1.807) is 0 Å². The average Bonchev–Trinajstić information content (AvgIpc) is 2.32. The van der Waals surface area contributed by atoms with E-state index in [4.69, 9.17) is 4.74 Å². The molecule has 1 unspecified atom stereocenters. The van der Waals surface area contributed by atoms with Gasteiger partial charge in [-0.1, -0.05) is 52.4 Å². The van der Waals surface area contributed by atoms with Crippen LogP contribution in [-0.4, -0.2) is 18.5 Å². The molecule has 2 heteroatoms. The summed E-state index contributed by atoms with van der Waals surface area (Å²) in [4.78, 5) is 11.1. The van der Waals surface area contributed by atoms with Crippen molar-refractivity contribution in [2.75, 3.05) is 6.61 Å². The Balaban J connectivity index is 3.71. The second-order valence-corrected chi connectivity index (χ2v) is 4.49. The Hall–Kier alpha value is -0.370. The lowest BCUT2D eigenvalue weighted by Crippen LogP contribution is -2.33. The van der Waals surface area contributed by atoms with E-state index in [0.717, 1.165) is 25.5 Å². The lowest BCUT2D eigenvalue weighted by Gasteiger charge is -2.26. The molecule has 0 aliphatic rings. The minimum absolute atomic E-state index is 0.500. The molecule has 0 aliphatic carbocycles. The van der Waals surface area contributed by atoms with E-state index in [9.17, 15) is 4.79 Å². The van der Waals surface area contributed by atoms with Gasteiger partial charge in [-0.2, -0.15) is 0 Å². The highest BCUT2D eigenvalue weighted by Crippen LogP contribution is 2.22. The first kappa shape index (κ1) is 15.6. The van der Waals surface area contributed by atoms with Gasteiger partial charge in [0.05, 0.1) is 0 Å². The molecule has 0 N–H and O–H groups in total. The van der Waals surface area contributed by atoms with Crippen molar-refractivity contribution in [3.63, 3.8) is 0 Å². The Labute approximate surface area is 101 Å². The standard InChI is InChI=1S/C14H28O2/c1-4-7-8-9-10-11-12-14(5-2,13-15)16-6-3/h13H,4-12H2,1-3H3. The molecule has 0 heterocycles. The van der Waals surface area contributed by atoms with Crippen molar-refractivity contribution in [3.05, 3.63) is 0 Å². The van der Waals surface area contributed by atoms with Gasteiger partial charge < -0.3 is 9.53 Å². The van der Waals surface area contributed by atoms with Gasteiger partial charge in [0, 0.05) is 6.61 Å². The van der Waals surface area contributed by atoms with Crippen LogP contribution in [0.25, 0.3) is 0 Å². The summed E-state index contributed by atoms with van der Waals surface area (Å²) in [5, 5.41) is 0. The maximum Gasteiger partial charge on any atom is 0.151 e. The van der Waals surface area contributed by atoms with E-state index in [2.05, 4.69) is 6.92 Å². The Morgan fingerprint density at radius 1 is 1.00 bits per heavy atom. The van der Waals surface area contributed by atoms with Crippen LogP contribution in [0.5, 0.6) is 0 Å². The maximum atomic E-state index is 11.1. The van der Waals surface area contributed by atoms with Crippen LogP contribution in [0.1, 0.15) is 72.1 Å². The largest absolute Gasteiger partial charge is 0.368 e. The fourth-order valence-corrected chi connectivity index (χ4v) is 2.02. The van der Waals surface area contributed by atoms with Crippen LogP contribution in [0.2, 0.25) is 0 Å². The van der Waals surface area contributed by atoms with Crippen LogP contribution in [0, 0.1) is 0 Å². The van der Waals surface area contributed by atoms with Gasteiger partial charge in [-0.3, -0.25) is 0 Å². The van der Waals surface area contributed by atoms with Crippen LogP contribution < -0.4 is 0 Å². The van der Waals surface area contributed by atoms with E-state index < -0.39 is 5.60 Å². The lowest BCUT2D eigenvalue weighted by atomic mass is 9.94. The summed E-state index contributed by atoms with van der Waals surface area (Å²) in [6, 6.07) is 0. The third-order valence-electron chi connectivity index (χ3n) is 3.20. The van der Waals surface area contributed by atoms with Gasteiger partial charge in [0.25, 0.3) is 0 Å². The van der Waals surface area contributed by atoms with Crippen LogP contribution >= 0.6 is 0 Å². The van der Waals surface area contributed by atoms with E-state index in [0.29, 0.717) is 6.61 Å². The van der Waals surface area contributed by atoms with Crippen molar-refractivity contribution >= 4 is 6.29 Å². The third kappa shape index (κ3) is 6.26. The molecule has 1 atom stereocenters. The summed E-state index contributed by atoms with van der Waals surface area (Å²) in [6.07, 6.45) is 10.2. The van der Waals surface area contributed by atoms with Crippen molar-refractivity contribution in [2.24, 2.45) is 0 Å². The zero-order valence-electron chi connectivity index (χ0n) is 11.3. The lowest BCUT2D eigenvalue weighted by molar-refractivity contribution is -0.132. The number of ether oxygens (including phenoxy) is 1. The van der Waals surface area contributed by atoms with Crippen LogP contribution in [0.15, 0.2) is 0 Å². The number of hydrogen-bond donors (Lipinski definition) is 0. The predicted octanol–water partition coefficient (Wildman–Crippen LogP) is 4.12. The smallest absolute Gasteiger partial charge is 0.151 e. The first-order valence-corrected chi connectivity index (χ1v) is 6.85. The number of hydrogen-bond acceptors (Lipinski definition) is 2. The second-order valence-electron chi connectivity index (χ2n) is 4.49. The van der Waals surface area contributed by atoms with Crippen molar-refractivity contribution in [2.45, 2.75) is 77.7 Å². The summed E-state index contributed by atoms with van der Waals surface area (Å²) in [6.45, 7) is 6.84. The van der Waals surface area contributed by atoms with Crippen molar-refractivity contribution in [1.29, 1.82) is 0 Å². The molecule has 2 nitrogen and oxygen atoms in total. The molecular formula is C14H28O2. The fourth-order valence-electron chi connectivity index (χ4n) is 2.02. The van der Waals surface area contributed by atoms with E-state index in [-0.39, 0.29) is 0 Å². The molecular weight excluding hydrogens is 200 g/mol. The van der Waals surface area contributed by atoms with Gasteiger partial charge in [0.1, 0.15) is 5.60 Å². The van der Waals surface area contributed by atoms with Crippen molar-refractivity contribution in [1.82, 2.24) is 0 Å². The van der Waals surface area contributed by atoms with Gasteiger partial charge in [-0.25, -0.2) is 0 Å². The zero-order valence-corrected chi connectivity index (χ0v) is 11.3. The van der Waals surface area contributed by atoms with E-state index in [1.807, 2.05) is 13.8 Å². The van der Waals surface area contributed by atoms with Gasteiger partial charge in [0.2, 0.25) is 0 Å².